The van der Waals surface area contributed by atoms with Crippen molar-refractivity contribution < 1.29 is 9.47 Å². The first-order valence-corrected chi connectivity index (χ1v) is 4.17. The number of hydrogen-bond donors (Lipinski definition) is 1. The van der Waals surface area contributed by atoms with Crippen LogP contribution >= 0.6 is 0 Å². The van der Waals surface area contributed by atoms with Crippen molar-refractivity contribution in [1.29, 1.82) is 0 Å². The molecule has 1 aromatic carbocycles. The number of nitrogens with two attached hydrogens (primary N) is 1. The van der Waals surface area contributed by atoms with Gasteiger partial charge in [0.2, 0.25) is 0 Å². The van der Waals surface area contributed by atoms with E-state index in [0.29, 0.717) is 13.2 Å². The van der Waals surface area contributed by atoms with Crippen LogP contribution in [0.25, 0.3) is 0 Å². The number of benzene rings is 1. The van der Waals surface area contributed by atoms with Crippen LogP contribution in [0, 0.1) is 0 Å². The fraction of sp³-hybridized carbons (Fsp3) is 0.400. The molecule has 0 bridgehead atoms. The maximum absolute atomic E-state index is 5.57. The summed E-state index contributed by atoms with van der Waals surface area (Å²) in [5, 5.41) is 0. The van der Waals surface area contributed by atoms with Crippen LogP contribution < -0.4 is 10.5 Å². The molecule has 0 fully saturated rings. The molecule has 1 aromatic rings. The van der Waals surface area contributed by atoms with E-state index in [1.54, 1.807) is 14.2 Å². The van der Waals surface area contributed by atoms with E-state index in [2.05, 4.69) is 0 Å². The lowest BCUT2D eigenvalue weighted by Gasteiger charge is -2.11. The lowest BCUT2D eigenvalue weighted by atomic mass is 10.1. The summed E-state index contributed by atoms with van der Waals surface area (Å²) in [5.41, 5.74) is 7.62. The Balaban J connectivity index is 3.03. The Morgan fingerprint density at radius 1 is 1.23 bits per heavy atom. The minimum atomic E-state index is 0.487. The molecule has 1 rings (SSSR count). The summed E-state index contributed by atoms with van der Waals surface area (Å²) in [4.78, 5) is 0. The van der Waals surface area contributed by atoms with Gasteiger partial charge in [0, 0.05) is 24.8 Å². The third-order valence-electron chi connectivity index (χ3n) is 1.90. The molecule has 0 heterocycles. The number of rotatable bonds is 4. The zero-order valence-corrected chi connectivity index (χ0v) is 8.04. The average molecular weight is 181 g/mol. The van der Waals surface area contributed by atoms with Gasteiger partial charge in [-0.2, -0.15) is 0 Å². The van der Waals surface area contributed by atoms with E-state index in [1.807, 2.05) is 18.2 Å². The second-order valence-corrected chi connectivity index (χ2v) is 2.75. The van der Waals surface area contributed by atoms with Crippen LogP contribution in [-0.2, 0) is 17.9 Å². The van der Waals surface area contributed by atoms with Crippen LogP contribution in [0.3, 0.4) is 0 Å². The summed E-state index contributed by atoms with van der Waals surface area (Å²) in [5.74, 6) is 0.840. The van der Waals surface area contributed by atoms with E-state index >= 15 is 0 Å². The van der Waals surface area contributed by atoms with Gasteiger partial charge in [-0.1, -0.05) is 18.2 Å². The maximum Gasteiger partial charge on any atom is 0.128 e. The molecule has 0 radical (unpaired) electrons. The zero-order chi connectivity index (χ0) is 9.68. The first-order valence-electron chi connectivity index (χ1n) is 4.17. The second-order valence-electron chi connectivity index (χ2n) is 2.75. The Hall–Kier alpha value is -1.06. The highest BCUT2D eigenvalue weighted by Gasteiger charge is 2.06. The largest absolute Gasteiger partial charge is 0.496 e. The fourth-order valence-corrected chi connectivity index (χ4v) is 1.33. The Kier molecular flexibility index (Phi) is 3.73. The highest BCUT2D eigenvalue weighted by atomic mass is 16.5. The molecule has 0 aliphatic carbocycles. The third-order valence-corrected chi connectivity index (χ3v) is 1.90. The Labute approximate surface area is 78.5 Å². The number of para-hydroxylation sites is 1. The molecular formula is C10H15NO2. The number of hydrogen-bond acceptors (Lipinski definition) is 3. The summed E-state index contributed by atoms with van der Waals surface area (Å²) in [6.45, 7) is 1.04. The van der Waals surface area contributed by atoms with Gasteiger partial charge >= 0.3 is 0 Å². The third kappa shape index (κ3) is 2.20. The molecule has 2 N–H and O–H groups in total. The Morgan fingerprint density at radius 2 is 1.92 bits per heavy atom. The van der Waals surface area contributed by atoms with Crippen molar-refractivity contribution in [3.8, 4) is 5.75 Å². The molecule has 0 amide bonds. The minimum absolute atomic E-state index is 0.487. The lowest BCUT2D eigenvalue weighted by Crippen LogP contribution is -2.03. The normalized spacial score (nSPS) is 10.1. The van der Waals surface area contributed by atoms with Crippen LogP contribution in [-0.4, -0.2) is 14.2 Å². The van der Waals surface area contributed by atoms with Crippen LogP contribution in [0.5, 0.6) is 5.75 Å². The minimum Gasteiger partial charge on any atom is -0.496 e. The van der Waals surface area contributed by atoms with Crippen LogP contribution in [0.4, 0.5) is 0 Å². The van der Waals surface area contributed by atoms with Crippen molar-refractivity contribution in [3.05, 3.63) is 29.3 Å². The molecule has 72 valence electrons. The molecule has 3 nitrogen and oxygen atoms in total. The summed E-state index contributed by atoms with van der Waals surface area (Å²) in [6.07, 6.45) is 0. The van der Waals surface area contributed by atoms with Gasteiger partial charge in [-0.15, -0.1) is 0 Å². The van der Waals surface area contributed by atoms with Gasteiger partial charge in [0.25, 0.3) is 0 Å². The van der Waals surface area contributed by atoms with Crippen molar-refractivity contribution in [3.63, 3.8) is 0 Å². The predicted molar refractivity (Wildman–Crippen MR) is 51.6 cm³/mol. The molecule has 0 aromatic heterocycles. The number of ether oxygens (including phenoxy) is 2. The van der Waals surface area contributed by atoms with E-state index in [-0.39, 0.29) is 0 Å². The molecule has 0 unspecified atom stereocenters. The standard InChI is InChI=1S/C10H15NO2/c1-12-7-9-5-3-4-8(6-11)10(9)13-2/h3-5H,6-7,11H2,1-2H3. The first-order chi connectivity index (χ1) is 6.33. The zero-order valence-electron chi connectivity index (χ0n) is 8.04. The van der Waals surface area contributed by atoms with Gasteiger partial charge < -0.3 is 15.2 Å². The quantitative estimate of drug-likeness (QED) is 0.761. The molecule has 0 spiro atoms. The van der Waals surface area contributed by atoms with E-state index in [9.17, 15) is 0 Å². The molecular weight excluding hydrogens is 166 g/mol. The van der Waals surface area contributed by atoms with Crippen molar-refractivity contribution in [2.45, 2.75) is 13.2 Å². The summed E-state index contributed by atoms with van der Waals surface area (Å²) < 4.78 is 10.3. The van der Waals surface area contributed by atoms with E-state index in [0.717, 1.165) is 16.9 Å². The van der Waals surface area contributed by atoms with Gasteiger partial charge in [0.05, 0.1) is 13.7 Å². The van der Waals surface area contributed by atoms with Crippen molar-refractivity contribution in [2.24, 2.45) is 5.73 Å². The average Bonchev–Trinajstić information content (AvgIpc) is 2.18. The fourth-order valence-electron chi connectivity index (χ4n) is 1.33. The van der Waals surface area contributed by atoms with Gasteiger partial charge in [0.15, 0.2) is 0 Å². The van der Waals surface area contributed by atoms with Crippen LogP contribution in [0.2, 0.25) is 0 Å². The summed E-state index contributed by atoms with van der Waals surface area (Å²) in [6, 6.07) is 5.89. The van der Waals surface area contributed by atoms with E-state index in [4.69, 9.17) is 15.2 Å². The topological polar surface area (TPSA) is 44.5 Å². The predicted octanol–water partition coefficient (Wildman–Crippen LogP) is 1.30. The van der Waals surface area contributed by atoms with E-state index in [1.165, 1.54) is 0 Å². The van der Waals surface area contributed by atoms with Crippen LogP contribution in [0.1, 0.15) is 11.1 Å². The second kappa shape index (κ2) is 4.84. The number of methoxy groups -OCH3 is 2. The molecule has 0 saturated carbocycles. The molecule has 0 aliphatic heterocycles. The maximum atomic E-state index is 5.57. The molecule has 0 saturated heterocycles. The lowest BCUT2D eigenvalue weighted by molar-refractivity contribution is 0.181. The van der Waals surface area contributed by atoms with Crippen molar-refractivity contribution >= 4 is 0 Å². The molecule has 3 heteroatoms. The molecule has 13 heavy (non-hydrogen) atoms. The van der Waals surface area contributed by atoms with Crippen molar-refractivity contribution in [1.82, 2.24) is 0 Å². The van der Waals surface area contributed by atoms with Gasteiger partial charge in [0.1, 0.15) is 5.75 Å². The summed E-state index contributed by atoms with van der Waals surface area (Å²) in [7, 11) is 3.31. The smallest absolute Gasteiger partial charge is 0.128 e. The van der Waals surface area contributed by atoms with Gasteiger partial charge in [-0.3, -0.25) is 0 Å². The van der Waals surface area contributed by atoms with Gasteiger partial charge in [-0.05, 0) is 0 Å². The highest BCUT2D eigenvalue weighted by molar-refractivity contribution is 5.41. The summed E-state index contributed by atoms with van der Waals surface area (Å²) >= 11 is 0. The van der Waals surface area contributed by atoms with Crippen LogP contribution in [0.15, 0.2) is 18.2 Å². The first kappa shape index (κ1) is 10.0. The monoisotopic (exact) mass is 181 g/mol. The van der Waals surface area contributed by atoms with Gasteiger partial charge in [-0.25, -0.2) is 0 Å². The Bertz CT molecular complexity index is 274. The van der Waals surface area contributed by atoms with E-state index < -0.39 is 0 Å². The molecule has 0 atom stereocenters. The SMILES string of the molecule is COCc1cccc(CN)c1OC. The Morgan fingerprint density at radius 3 is 2.46 bits per heavy atom. The van der Waals surface area contributed by atoms with Crippen molar-refractivity contribution in [2.75, 3.05) is 14.2 Å². The molecule has 0 aliphatic rings. The highest BCUT2D eigenvalue weighted by Crippen LogP contribution is 2.23.